The van der Waals surface area contributed by atoms with E-state index < -0.39 is 11.1 Å². The third-order valence-corrected chi connectivity index (χ3v) is 6.01. The van der Waals surface area contributed by atoms with Crippen LogP contribution in [0, 0.1) is 11.8 Å². The van der Waals surface area contributed by atoms with Crippen molar-refractivity contribution in [3.05, 3.63) is 0 Å². The maximum absolute atomic E-state index is 12.5. The van der Waals surface area contributed by atoms with Crippen LogP contribution >= 0.6 is 11.8 Å². The molecule has 5 heteroatoms. The average molecular weight is 268 g/mol. The molecule has 2 saturated carbocycles. The van der Waals surface area contributed by atoms with E-state index in [4.69, 9.17) is 0 Å². The van der Waals surface area contributed by atoms with E-state index >= 15 is 0 Å². The van der Waals surface area contributed by atoms with Crippen LogP contribution in [-0.2, 0) is 9.59 Å². The minimum atomic E-state index is -0.779. The summed E-state index contributed by atoms with van der Waals surface area (Å²) >= 11 is 1.83. The lowest BCUT2D eigenvalue weighted by molar-refractivity contribution is -0.147. The molecule has 100 valence electrons. The van der Waals surface area contributed by atoms with Crippen molar-refractivity contribution in [1.82, 2.24) is 10.6 Å². The number of piperazine rings is 1. The van der Waals surface area contributed by atoms with Crippen molar-refractivity contribution < 1.29 is 9.59 Å². The van der Waals surface area contributed by atoms with Gasteiger partial charge in [0.05, 0.1) is 0 Å². The third kappa shape index (κ3) is 1.46. The third-order valence-electron chi connectivity index (χ3n) is 4.88. The van der Waals surface area contributed by atoms with Gasteiger partial charge in [-0.25, -0.2) is 0 Å². The van der Waals surface area contributed by atoms with E-state index in [1.165, 1.54) is 6.42 Å². The van der Waals surface area contributed by atoms with Gasteiger partial charge in [-0.1, -0.05) is 0 Å². The number of amides is 2. The van der Waals surface area contributed by atoms with Crippen LogP contribution in [0.3, 0.4) is 0 Å². The van der Waals surface area contributed by atoms with E-state index in [0.717, 1.165) is 12.8 Å². The maximum atomic E-state index is 12.5. The summed E-state index contributed by atoms with van der Waals surface area (Å²) in [4.78, 5) is 24.7. The zero-order chi connectivity index (χ0) is 13.1. The van der Waals surface area contributed by atoms with E-state index in [-0.39, 0.29) is 11.8 Å². The second-order valence-corrected chi connectivity index (χ2v) is 7.50. The SMILES string of the molecule is CSC1CC2CC1C1(C2)NC(=O)C(C)(C)NC1=O. The lowest BCUT2D eigenvalue weighted by atomic mass is 9.76. The maximum Gasteiger partial charge on any atom is 0.246 e. The Morgan fingerprint density at radius 2 is 1.89 bits per heavy atom. The van der Waals surface area contributed by atoms with Crippen molar-refractivity contribution in [1.29, 1.82) is 0 Å². The average Bonchev–Trinajstić information content (AvgIpc) is 2.83. The molecule has 0 aromatic rings. The minimum absolute atomic E-state index is 0.0263. The number of hydrogen-bond donors (Lipinski definition) is 2. The summed E-state index contributed by atoms with van der Waals surface area (Å²) in [6, 6.07) is 0. The standard InChI is InChI=1S/C13H20N2O2S/c1-12(2)10(16)15-13(11(17)14-12)6-7-4-8(13)9(5-7)18-3/h7-9H,4-6H2,1-3H3,(H,14,17)(H,15,16). The van der Waals surface area contributed by atoms with Crippen molar-refractivity contribution >= 4 is 23.6 Å². The molecule has 2 bridgehead atoms. The lowest BCUT2D eigenvalue weighted by Crippen LogP contribution is -2.75. The smallest absolute Gasteiger partial charge is 0.246 e. The Hall–Kier alpha value is -0.710. The second kappa shape index (κ2) is 3.65. The van der Waals surface area contributed by atoms with E-state index in [0.29, 0.717) is 17.1 Å². The predicted octanol–water partition coefficient (Wildman–Crippen LogP) is 0.911. The number of rotatable bonds is 1. The molecule has 2 amide bonds. The van der Waals surface area contributed by atoms with Crippen molar-refractivity contribution in [2.75, 3.05) is 6.26 Å². The van der Waals surface area contributed by atoms with Gasteiger partial charge in [0, 0.05) is 11.2 Å². The van der Waals surface area contributed by atoms with Gasteiger partial charge >= 0.3 is 0 Å². The van der Waals surface area contributed by atoms with Gasteiger partial charge in [0.1, 0.15) is 11.1 Å². The van der Waals surface area contributed by atoms with Crippen LogP contribution < -0.4 is 10.6 Å². The Morgan fingerprint density at radius 3 is 2.50 bits per heavy atom. The Balaban J connectivity index is 1.93. The molecule has 3 fully saturated rings. The first-order valence-corrected chi connectivity index (χ1v) is 7.86. The largest absolute Gasteiger partial charge is 0.340 e. The van der Waals surface area contributed by atoms with Gasteiger partial charge in [-0.2, -0.15) is 11.8 Å². The molecule has 0 aromatic heterocycles. The van der Waals surface area contributed by atoms with Crippen molar-refractivity contribution in [3.63, 3.8) is 0 Å². The summed E-state index contributed by atoms with van der Waals surface area (Å²) in [6.45, 7) is 3.51. The molecule has 1 heterocycles. The predicted molar refractivity (Wildman–Crippen MR) is 71.2 cm³/mol. The monoisotopic (exact) mass is 268 g/mol. The minimum Gasteiger partial charge on any atom is -0.340 e. The first-order chi connectivity index (χ1) is 8.39. The Kier molecular flexibility index (Phi) is 2.50. The summed E-state index contributed by atoms with van der Waals surface area (Å²) in [5.41, 5.74) is -1.40. The van der Waals surface area contributed by atoms with Gasteiger partial charge in [0.25, 0.3) is 0 Å². The summed E-state index contributed by atoms with van der Waals surface area (Å²) in [7, 11) is 0. The van der Waals surface area contributed by atoms with Crippen molar-refractivity contribution in [3.8, 4) is 0 Å². The molecular weight excluding hydrogens is 248 g/mol. The first kappa shape index (κ1) is 12.3. The molecule has 18 heavy (non-hydrogen) atoms. The molecule has 2 aliphatic carbocycles. The molecule has 0 aromatic carbocycles. The fourth-order valence-electron chi connectivity index (χ4n) is 3.92. The molecular formula is C13H20N2O2S. The van der Waals surface area contributed by atoms with Crippen LogP contribution in [0.1, 0.15) is 33.1 Å². The van der Waals surface area contributed by atoms with Crippen LogP contribution in [0.4, 0.5) is 0 Å². The highest BCUT2D eigenvalue weighted by Crippen LogP contribution is 2.55. The van der Waals surface area contributed by atoms with Crippen LogP contribution in [0.5, 0.6) is 0 Å². The van der Waals surface area contributed by atoms with Gasteiger partial charge in [0.15, 0.2) is 0 Å². The fourth-order valence-corrected chi connectivity index (χ4v) is 5.06. The zero-order valence-electron chi connectivity index (χ0n) is 11.1. The molecule has 2 N–H and O–H groups in total. The van der Waals surface area contributed by atoms with Gasteiger partial charge in [-0.15, -0.1) is 0 Å². The molecule has 1 saturated heterocycles. The topological polar surface area (TPSA) is 58.2 Å². The number of nitrogens with one attached hydrogen (secondary N) is 2. The Morgan fingerprint density at radius 1 is 1.17 bits per heavy atom. The quantitative estimate of drug-likeness (QED) is 0.743. The summed E-state index contributed by atoms with van der Waals surface area (Å²) < 4.78 is 0. The molecule has 4 unspecified atom stereocenters. The highest BCUT2D eigenvalue weighted by atomic mass is 32.2. The Bertz CT molecular complexity index is 423. The number of carbonyl (C=O) groups is 2. The van der Waals surface area contributed by atoms with E-state index in [1.54, 1.807) is 13.8 Å². The fraction of sp³-hybridized carbons (Fsp3) is 0.846. The van der Waals surface area contributed by atoms with Crippen LogP contribution in [-0.4, -0.2) is 34.4 Å². The van der Waals surface area contributed by atoms with Crippen LogP contribution in [0.25, 0.3) is 0 Å². The first-order valence-electron chi connectivity index (χ1n) is 6.57. The van der Waals surface area contributed by atoms with Crippen molar-refractivity contribution in [2.24, 2.45) is 11.8 Å². The van der Waals surface area contributed by atoms with Gasteiger partial charge in [-0.3, -0.25) is 9.59 Å². The van der Waals surface area contributed by atoms with Crippen LogP contribution in [0.15, 0.2) is 0 Å². The molecule has 4 atom stereocenters. The normalized spacial score (nSPS) is 45.2. The van der Waals surface area contributed by atoms with Gasteiger partial charge < -0.3 is 10.6 Å². The highest BCUT2D eigenvalue weighted by molar-refractivity contribution is 7.99. The summed E-state index contributed by atoms with van der Waals surface area (Å²) in [5, 5.41) is 6.48. The number of thioether (sulfide) groups is 1. The molecule has 0 radical (unpaired) electrons. The summed E-state index contributed by atoms with van der Waals surface area (Å²) in [5.74, 6) is 0.880. The molecule has 3 aliphatic rings. The summed E-state index contributed by atoms with van der Waals surface area (Å²) in [6.07, 6.45) is 5.20. The zero-order valence-corrected chi connectivity index (χ0v) is 11.9. The number of fused-ring (bicyclic) bond motifs is 3. The molecule has 1 aliphatic heterocycles. The molecule has 4 nitrogen and oxygen atoms in total. The molecule has 3 rings (SSSR count). The lowest BCUT2D eigenvalue weighted by Gasteiger charge is -2.47. The number of hydrogen-bond acceptors (Lipinski definition) is 3. The van der Waals surface area contributed by atoms with E-state index in [9.17, 15) is 9.59 Å². The van der Waals surface area contributed by atoms with E-state index in [2.05, 4.69) is 16.9 Å². The molecule has 1 spiro atoms. The van der Waals surface area contributed by atoms with Crippen molar-refractivity contribution in [2.45, 2.75) is 49.4 Å². The highest BCUT2D eigenvalue weighted by Gasteiger charge is 2.63. The Labute approximate surface area is 112 Å². The van der Waals surface area contributed by atoms with E-state index in [1.807, 2.05) is 11.8 Å². The number of carbonyl (C=O) groups excluding carboxylic acids is 2. The second-order valence-electron chi connectivity index (χ2n) is 6.43. The van der Waals surface area contributed by atoms with Gasteiger partial charge in [-0.05, 0) is 45.3 Å². The van der Waals surface area contributed by atoms with Crippen LogP contribution in [0.2, 0.25) is 0 Å². The van der Waals surface area contributed by atoms with Gasteiger partial charge in [0.2, 0.25) is 11.8 Å².